The number of aliphatic carboxylic acids is 1. The molecule has 0 saturated carbocycles. The second-order valence-electron chi connectivity index (χ2n) is 5.21. The average molecular weight is 345 g/mol. The molecule has 1 amide bonds. The van der Waals surface area contributed by atoms with Gasteiger partial charge in [0.2, 0.25) is 5.91 Å². The minimum absolute atomic E-state index is 0.00704. The van der Waals surface area contributed by atoms with Gasteiger partial charge < -0.3 is 21.9 Å². The molecule has 132 valence electrons. The number of rotatable bonds is 8. The van der Waals surface area contributed by atoms with E-state index >= 15 is 0 Å². The topological polar surface area (TPSA) is 162 Å². The first kappa shape index (κ1) is 17.9. The predicted octanol–water partition coefficient (Wildman–Crippen LogP) is -0.964. The highest BCUT2D eigenvalue weighted by molar-refractivity contribution is 5.84. The van der Waals surface area contributed by atoms with Crippen LogP contribution in [0.15, 0.2) is 41.5 Å². The number of carbonyl (C=O) groups is 2. The summed E-state index contributed by atoms with van der Waals surface area (Å²) in [4.78, 5) is 27.3. The molecule has 0 radical (unpaired) electrons. The number of aromatic nitrogens is 3. The first-order chi connectivity index (χ1) is 12.0. The molecule has 10 nitrogen and oxygen atoms in total. The van der Waals surface area contributed by atoms with Crippen LogP contribution in [0.3, 0.4) is 0 Å². The fourth-order valence-corrected chi connectivity index (χ4v) is 2.12. The van der Waals surface area contributed by atoms with E-state index in [0.29, 0.717) is 24.2 Å². The Morgan fingerprint density at radius 3 is 2.64 bits per heavy atom. The Hall–Kier alpha value is -3.43. The van der Waals surface area contributed by atoms with E-state index in [1.54, 1.807) is 36.5 Å². The lowest BCUT2D eigenvalue weighted by atomic mass is 10.1. The van der Waals surface area contributed by atoms with Crippen molar-refractivity contribution in [2.24, 2.45) is 16.5 Å². The predicted molar refractivity (Wildman–Crippen MR) is 89.4 cm³/mol. The number of nitrogens with one attached hydrogen (secondary N) is 1. The van der Waals surface area contributed by atoms with Crippen molar-refractivity contribution in [3.63, 3.8) is 0 Å². The number of guanidine groups is 1. The van der Waals surface area contributed by atoms with E-state index in [2.05, 4.69) is 20.6 Å². The molecular weight excluding hydrogens is 326 g/mol. The third-order valence-corrected chi connectivity index (χ3v) is 3.24. The Balaban J connectivity index is 1.94. The maximum Gasteiger partial charge on any atom is 0.330 e. The number of aliphatic imine (C=N–C) groups is 1. The largest absolute Gasteiger partial charge is 0.479 e. The zero-order valence-electron chi connectivity index (χ0n) is 13.4. The van der Waals surface area contributed by atoms with E-state index in [-0.39, 0.29) is 12.5 Å². The van der Waals surface area contributed by atoms with Crippen LogP contribution in [0.25, 0.3) is 0 Å². The Morgan fingerprint density at radius 2 is 2.00 bits per heavy atom. The molecule has 1 heterocycles. The molecule has 6 N–H and O–H groups in total. The van der Waals surface area contributed by atoms with Crippen LogP contribution in [-0.2, 0) is 22.6 Å². The molecule has 0 spiro atoms. The Kier molecular flexibility index (Phi) is 6.04. The molecule has 1 atom stereocenters. The van der Waals surface area contributed by atoms with E-state index in [1.165, 1.54) is 4.68 Å². The van der Waals surface area contributed by atoms with Crippen LogP contribution in [0.4, 0.5) is 0 Å². The summed E-state index contributed by atoms with van der Waals surface area (Å²) >= 11 is 0. The van der Waals surface area contributed by atoms with Crippen molar-refractivity contribution >= 4 is 17.8 Å². The number of carboxylic acid groups (broad SMARTS) is 1. The molecule has 10 heteroatoms. The molecule has 0 aliphatic rings. The van der Waals surface area contributed by atoms with Gasteiger partial charge in [0.25, 0.3) is 0 Å². The molecule has 2 aromatic rings. The van der Waals surface area contributed by atoms with Crippen LogP contribution in [0.2, 0.25) is 0 Å². The SMILES string of the molecule is NC(N)=NCCc1cn(CC(=O)N[C@H](C(=O)O)c2ccccc2)nn1. The summed E-state index contributed by atoms with van der Waals surface area (Å²) in [5.74, 6) is -1.64. The van der Waals surface area contributed by atoms with Gasteiger partial charge in [0.15, 0.2) is 12.0 Å². The Bertz CT molecular complexity index is 753. The number of hydrogen-bond donors (Lipinski definition) is 4. The van der Waals surface area contributed by atoms with Crippen LogP contribution in [0, 0.1) is 0 Å². The maximum absolute atomic E-state index is 12.1. The van der Waals surface area contributed by atoms with Gasteiger partial charge >= 0.3 is 5.97 Å². The Labute approximate surface area is 143 Å². The van der Waals surface area contributed by atoms with Crippen molar-refractivity contribution < 1.29 is 14.7 Å². The first-order valence-corrected chi connectivity index (χ1v) is 7.47. The maximum atomic E-state index is 12.1. The van der Waals surface area contributed by atoms with E-state index in [9.17, 15) is 14.7 Å². The highest BCUT2D eigenvalue weighted by Crippen LogP contribution is 2.12. The lowest BCUT2D eigenvalue weighted by Gasteiger charge is -2.14. The smallest absolute Gasteiger partial charge is 0.330 e. The standard InChI is InChI=1S/C15H19N7O3/c16-15(17)18-7-6-11-8-22(21-20-11)9-12(23)19-13(14(24)25)10-4-2-1-3-5-10/h1-5,8,13H,6-7,9H2,(H,19,23)(H,24,25)(H4,16,17,18)/t13-/m0/s1. The molecule has 0 aliphatic carbocycles. The molecule has 1 aromatic carbocycles. The van der Waals surface area contributed by atoms with Crippen LogP contribution in [0.1, 0.15) is 17.3 Å². The number of nitrogens with zero attached hydrogens (tertiary/aromatic N) is 4. The highest BCUT2D eigenvalue weighted by Gasteiger charge is 2.22. The number of nitrogens with two attached hydrogens (primary N) is 2. The van der Waals surface area contributed by atoms with E-state index in [1.807, 2.05) is 0 Å². The summed E-state index contributed by atoms with van der Waals surface area (Å²) in [6, 6.07) is 7.32. The van der Waals surface area contributed by atoms with Crippen molar-refractivity contribution in [3.05, 3.63) is 47.8 Å². The van der Waals surface area contributed by atoms with Gasteiger partial charge in [0.1, 0.15) is 6.54 Å². The second kappa shape index (κ2) is 8.43. The Morgan fingerprint density at radius 1 is 1.28 bits per heavy atom. The zero-order chi connectivity index (χ0) is 18.2. The number of benzene rings is 1. The zero-order valence-corrected chi connectivity index (χ0v) is 13.4. The number of carbonyl (C=O) groups excluding carboxylic acids is 1. The van der Waals surface area contributed by atoms with Crippen molar-refractivity contribution in [1.82, 2.24) is 20.3 Å². The van der Waals surface area contributed by atoms with Crippen LogP contribution in [0.5, 0.6) is 0 Å². The van der Waals surface area contributed by atoms with Crippen LogP contribution >= 0.6 is 0 Å². The van der Waals surface area contributed by atoms with Gasteiger partial charge in [-0.2, -0.15) is 0 Å². The summed E-state index contributed by atoms with van der Waals surface area (Å²) in [7, 11) is 0. The lowest BCUT2D eigenvalue weighted by molar-refractivity contribution is -0.142. The summed E-state index contributed by atoms with van der Waals surface area (Å²) in [5.41, 5.74) is 11.6. The minimum atomic E-state index is -1.14. The fraction of sp³-hybridized carbons (Fsp3) is 0.267. The van der Waals surface area contributed by atoms with Crippen molar-refractivity contribution in [1.29, 1.82) is 0 Å². The van der Waals surface area contributed by atoms with E-state index in [0.717, 1.165) is 0 Å². The van der Waals surface area contributed by atoms with E-state index < -0.39 is 17.9 Å². The number of hydrogen-bond acceptors (Lipinski definition) is 5. The number of amides is 1. The fourth-order valence-electron chi connectivity index (χ4n) is 2.12. The van der Waals surface area contributed by atoms with Crippen molar-refractivity contribution in [3.8, 4) is 0 Å². The van der Waals surface area contributed by atoms with E-state index in [4.69, 9.17) is 11.5 Å². The molecule has 0 aliphatic heterocycles. The summed E-state index contributed by atoms with van der Waals surface area (Å²) < 4.78 is 1.32. The normalized spacial score (nSPS) is 11.5. The molecule has 1 aromatic heterocycles. The third kappa shape index (κ3) is 5.61. The minimum Gasteiger partial charge on any atom is -0.479 e. The molecule has 2 rings (SSSR count). The van der Waals surface area contributed by atoms with Gasteiger partial charge in [-0.25, -0.2) is 9.48 Å². The van der Waals surface area contributed by atoms with Crippen molar-refractivity contribution in [2.75, 3.05) is 6.54 Å². The quantitative estimate of drug-likeness (QED) is 0.353. The molecular formula is C15H19N7O3. The van der Waals surface area contributed by atoms with Crippen LogP contribution in [-0.4, -0.2) is 44.5 Å². The first-order valence-electron chi connectivity index (χ1n) is 7.47. The molecule has 0 unspecified atom stereocenters. The summed E-state index contributed by atoms with van der Waals surface area (Å²) in [6.45, 7) is 0.216. The van der Waals surface area contributed by atoms with Gasteiger partial charge in [-0.15, -0.1) is 5.10 Å². The van der Waals surface area contributed by atoms with Gasteiger partial charge in [-0.1, -0.05) is 35.5 Å². The second-order valence-corrected chi connectivity index (χ2v) is 5.21. The van der Waals surface area contributed by atoms with Gasteiger partial charge in [0.05, 0.1) is 5.69 Å². The molecule has 0 fully saturated rings. The molecule has 0 saturated heterocycles. The summed E-state index contributed by atoms with van der Waals surface area (Å²) in [6.07, 6.45) is 2.06. The van der Waals surface area contributed by atoms with Gasteiger partial charge in [0, 0.05) is 19.2 Å². The summed E-state index contributed by atoms with van der Waals surface area (Å²) in [5, 5.41) is 19.5. The third-order valence-electron chi connectivity index (χ3n) is 3.24. The lowest BCUT2D eigenvalue weighted by Crippen LogP contribution is -2.36. The average Bonchev–Trinajstić information content (AvgIpc) is 3.00. The molecule has 25 heavy (non-hydrogen) atoms. The highest BCUT2D eigenvalue weighted by atomic mass is 16.4. The monoisotopic (exact) mass is 345 g/mol. The molecule has 0 bridgehead atoms. The van der Waals surface area contributed by atoms with Crippen molar-refractivity contribution in [2.45, 2.75) is 19.0 Å². The number of carboxylic acids is 1. The van der Waals surface area contributed by atoms with Crippen LogP contribution < -0.4 is 16.8 Å². The van der Waals surface area contributed by atoms with Gasteiger partial charge in [-0.05, 0) is 5.56 Å². The van der Waals surface area contributed by atoms with Gasteiger partial charge in [-0.3, -0.25) is 9.79 Å².